The monoisotopic (exact) mass is 452 g/mol. The molecule has 2 atom stereocenters. The summed E-state index contributed by atoms with van der Waals surface area (Å²) in [4.78, 5) is 24.3. The minimum Gasteiger partial charge on any atom is -0.372 e. The van der Waals surface area contributed by atoms with Gasteiger partial charge >= 0.3 is 0 Å². The van der Waals surface area contributed by atoms with Gasteiger partial charge in [-0.2, -0.15) is 0 Å². The molecule has 4 rings (SSSR count). The highest BCUT2D eigenvalue weighted by molar-refractivity contribution is 7.98. The topological polar surface area (TPSA) is 86.0 Å². The second-order valence-electron chi connectivity index (χ2n) is 8.32. The number of rotatable bonds is 5. The molecule has 0 bridgehead atoms. The smallest absolute Gasteiger partial charge is 0.276 e. The summed E-state index contributed by atoms with van der Waals surface area (Å²) in [6.45, 7) is 11.0. The maximum Gasteiger partial charge on any atom is 0.276 e. The molecule has 0 spiro atoms. The Balaban J connectivity index is 1.68. The van der Waals surface area contributed by atoms with Crippen molar-refractivity contribution in [2.45, 2.75) is 57.7 Å². The Morgan fingerprint density at radius 3 is 2.31 bits per heavy atom. The van der Waals surface area contributed by atoms with Gasteiger partial charge in [-0.25, -0.2) is 14.6 Å². The van der Waals surface area contributed by atoms with Crippen LogP contribution in [0, 0.1) is 20.8 Å². The van der Waals surface area contributed by atoms with Crippen molar-refractivity contribution < 1.29 is 9.53 Å². The van der Waals surface area contributed by atoms with Crippen molar-refractivity contribution in [3.05, 3.63) is 58.7 Å². The van der Waals surface area contributed by atoms with E-state index < -0.39 is 0 Å². The van der Waals surface area contributed by atoms with E-state index in [2.05, 4.69) is 20.3 Å². The Kier molecular flexibility index (Phi) is 6.57. The van der Waals surface area contributed by atoms with Crippen LogP contribution in [0.1, 0.15) is 47.0 Å². The van der Waals surface area contributed by atoms with Gasteiger partial charge in [-0.15, -0.1) is 5.10 Å². The largest absolute Gasteiger partial charge is 0.372 e. The quantitative estimate of drug-likeness (QED) is 0.432. The Bertz CT molecular complexity index is 1080. The van der Waals surface area contributed by atoms with E-state index >= 15 is 0 Å². The third kappa shape index (κ3) is 4.99. The van der Waals surface area contributed by atoms with E-state index in [-0.39, 0.29) is 18.1 Å². The molecule has 0 N–H and O–H groups in total. The highest BCUT2D eigenvalue weighted by Gasteiger charge is 2.31. The average molecular weight is 453 g/mol. The maximum atomic E-state index is 13.4. The van der Waals surface area contributed by atoms with E-state index in [0.29, 0.717) is 29.7 Å². The predicted octanol–water partition coefficient (Wildman–Crippen LogP) is 3.52. The number of hydrogen-bond donors (Lipinski definition) is 0. The van der Waals surface area contributed by atoms with Crippen LogP contribution >= 0.6 is 11.8 Å². The molecule has 2 aromatic heterocycles. The molecule has 8 nitrogen and oxygen atoms in total. The van der Waals surface area contributed by atoms with Crippen molar-refractivity contribution in [3.63, 3.8) is 0 Å². The summed E-state index contributed by atoms with van der Waals surface area (Å²) < 4.78 is 7.54. The van der Waals surface area contributed by atoms with E-state index in [1.54, 1.807) is 4.68 Å². The van der Waals surface area contributed by atoms with Gasteiger partial charge in [-0.1, -0.05) is 34.7 Å². The minimum atomic E-state index is -0.123. The third-order valence-electron chi connectivity index (χ3n) is 5.25. The molecule has 3 aromatic rings. The van der Waals surface area contributed by atoms with Crippen molar-refractivity contribution in [2.24, 2.45) is 0 Å². The van der Waals surface area contributed by atoms with Gasteiger partial charge < -0.3 is 9.64 Å². The highest BCUT2D eigenvalue weighted by atomic mass is 32.2. The van der Waals surface area contributed by atoms with Gasteiger partial charge in [0.1, 0.15) is 0 Å². The molecular formula is C23H28N6O2S. The summed E-state index contributed by atoms with van der Waals surface area (Å²) in [6, 6.07) is 9.96. The zero-order valence-electron chi connectivity index (χ0n) is 19.1. The number of carbonyl (C=O) groups excluding carboxylic acids is 1. The molecule has 2 unspecified atom stereocenters. The van der Waals surface area contributed by atoms with Crippen LogP contribution in [0.4, 0.5) is 0 Å². The maximum absolute atomic E-state index is 13.4. The van der Waals surface area contributed by atoms with Crippen LogP contribution in [-0.4, -0.2) is 61.1 Å². The van der Waals surface area contributed by atoms with Crippen LogP contribution in [-0.2, 0) is 10.5 Å². The SMILES string of the molecule is Cc1ccc(-n2nnc(C(=O)N3CC(C)OC(C)C3)c2CSc2nc(C)cc(C)n2)cc1. The van der Waals surface area contributed by atoms with E-state index in [1.165, 1.54) is 11.8 Å². The van der Waals surface area contributed by atoms with E-state index in [0.717, 1.165) is 28.3 Å². The fraction of sp³-hybridized carbons (Fsp3) is 0.435. The number of morpholine rings is 1. The number of nitrogens with zero attached hydrogens (tertiary/aromatic N) is 6. The van der Waals surface area contributed by atoms with Crippen molar-refractivity contribution >= 4 is 17.7 Å². The van der Waals surface area contributed by atoms with Crippen molar-refractivity contribution in [1.29, 1.82) is 0 Å². The molecule has 1 saturated heterocycles. The molecule has 9 heteroatoms. The molecule has 1 amide bonds. The van der Waals surface area contributed by atoms with Crippen LogP contribution in [0.25, 0.3) is 5.69 Å². The van der Waals surface area contributed by atoms with E-state index in [1.807, 2.05) is 69.9 Å². The van der Waals surface area contributed by atoms with Gasteiger partial charge in [0.25, 0.3) is 5.91 Å². The fourth-order valence-electron chi connectivity index (χ4n) is 3.88. The first-order valence-electron chi connectivity index (χ1n) is 10.7. The lowest BCUT2D eigenvalue weighted by molar-refractivity contribution is -0.0587. The fourth-order valence-corrected chi connectivity index (χ4v) is 4.82. The molecule has 0 saturated carbocycles. The van der Waals surface area contributed by atoms with Gasteiger partial charge in [0.05, 0.1) is 23.6 Å². The van der Waals surface area contributed by atoms with Gasteiger partial charge in [0.15, 0.2) is 10.9 Å². The molecule has 1 aliphatic heterocycles. The lowest BCUT2D eigenvalue weighted by Crippen LogP contribution is -2.48. The van der Waals surface area contributed by atoms with Gasteiger partial charge in [0, 0.05) is 30.2 Å². The van der Waals surface area contributed by atoms with Crippen LogP contribution in [0.3, 0.4) is 0 Å². The molecule has 3 heterocycles. The first kappa shape index (κ1) is 22.4. The van der Waals surface area contributed by atoms with E-state index in [9.17, 15) is 4.79 Å². The predicted molar refractivity (Wildman–Crippen MR) is 123 cm³/mol. The Hall–Kier alpha value is -2.78. The normalized spacial score (nSPS) is 18.7. The van der Waals surface area contributed by atoms with Crippen LogP contribution in [0.15, 0.2) is 35.5 Å². The van der Waals surface area contributed by atoms with Crippen molar-refractivity contribution in [3.8, 4) is 5.69 Å². The Labute approximate surface area is 192 Å². The zero-order valence-corrected chi connectivity index (χ0v) is 19.9. The summed E-state index contributed by atoms with van der Waals surface area (Å²) in [6.07, 6.45) is -0.0346. The summed E-state index contributed by atoms with van der Waals surface area (Å²) in [5, 5.41) is 9.34. The minimum absolute atomic E-state index is 0.0173. The Morgan fingerprint density at radius 1 is 1.06 bits per heavy atom. The highest BCUT2D eigenvalue weighted by Crippen LogP contribution is 2.25. The van der Waals surface area contributed by atoms with Crippen molar-refractivity contribution in [2.75, 3.05) is 13.1 Å². The van der Waals surface area contributed by atoms with Gasteiger partial charge in [0.2, 0.25) is 0 Å². The third-order valence-corrected chi connectivity index (χ3v) is 6.11. The van der Waals surface area contributed by atoms with E-state index in [4.69, 9.17) is 4.74 Å². The van der Waals surface area contributed by atoms with Crippen LogP contribution in [0.2, 0.25) is 0 Å². The summed E-state index contributed by atoms with van der Waals surface area (Å²) >= 11 is 1.48. The first-order valence-corrected chi connectivity index (χ1v) is 11.7. The number of aromatic nitrogens is 5. The number of aryl methyl sites for hydroxylation is 3. The average Bonchev–Trinajstić information content (AvgIpc) is 3.14. The van der Waals surface area contributed by atoms with Gasteiger partial charge in [-0.3, -0.25) is 4.79 Å². The van der Waals surface area contributed by atoms with Crippen molar-refractivity contribution in [1.82, 2.24) is 29.9 Å². The lowest BCUT2D eigenvalue weighted by atomic mass is 10.2. The number of hydrogen-bond acceptors (Lipinski definition) is 7. The number of benzene rings is 1. The molecular weight excluding hydrogens is 424 g/mol. The van der Waals surface area contributed by atoms with Gasteiger partial charge in [-0.05, 0) is 52.8 Å². The second-order valence-corrected chi connectivity index (χ2v) is 9.26. The first-order chi connectivity index (χ1) is 15.3. The standard InChI is InChI=1S/C23H28N6O2S/c1-14-6-8-19(9-7-14)29-20(13-32-23-24-15(2)10-16(3)25-23)21(26-27-29)22(30)28-11-17(4)31-18(5)12-28/h6-10,17-18H,11-13H2,1-5H3. The molecule has 1 aromatic carbocycles. The molecule has 168 valence electrons. The number of thioether (sulfide) groups is 1. The molecule has 32 heavy (non-hydrogen) atoms. The molecule has 0 radical (unpaired) electrons. The second kappa shape index (κ2) is 9.38. The van der Waals surface area contributed by atoms with Crippen LogP contribution in [0.5, 0.6) is 0 Å². The number of amides is 1. The summed E-state index contributed by atoms with van der Waals surface area (Å²) in [5.41, 5.74) is 4.95. The lowest BCUT2D eigenvalue weighted by Gasteiger charge is -2.35. The Morgan fingerprint density at radius 2 is 1.69 bits per heavy atom. The number of carbonyl (C=O) groups is 1. The summed E-state index contributed by atoms with van der Waals surface area (Å²) in [5.74, 6) is 0.350. The molecule has 0 aliphatic carbocycles. The molecule has 1 fully saturated rings. The zero-order chi connectivity index (χ0) is 22.8. The van der Waals surface area contributed by atoms with Crippen LogP contribution < -0.4 is 0 Å². The number of ether oxygens (including phenoxy) is 1. The molecule has 1 aliphatic rings. The summed E-state index contributed by atoms with van der Waals surface area (Å²) in [7, 11) is 0.